The van der Waals surface area contributed by atoms with Crippen LogP contribution in [-0.2, 0) is 27.9 Å². The highest BCUT2D eigenvalue weighted by molar-refractivity contribution is 7.47. The van der Waals surface area contributed by atoms with Gasteiger partial charge in [-0.1, -0.05) is 152 Å². The molecule has 0 aromatic carbocycles. The minimum atomic E-state index is -4.52. The molecule has 0 spiro atoms. The van der Waals surface area contributed by atoms with Crippen molar-refractivity contribution in [2.75, 3.05) is 33.0 Å². The Morgan fingerprint density at radius 3 is 1.49 bits per heavy atom. The monoisotopic (exact) mass is 799 g/mol. The van der Waals surface area contributed by atoms with E-state index in [0.29, 0.717) is 6.61 Å². The molecule has 0 radical (unpaired) electrons. The standard InChI is InChI=1S/C45H83O9P/c1-3-5-7-9-11-13-15-17-19-21-22-23-25-27-29-31-33-35-37-45(48)54-44(42-53-55(49,50)52-40-43(47)39-46)41-51-38-36-34-32-30-28-26-24-20-18-16-14-12-10-8-6-4-2/h12-15,18-21,43-44,46-47H,3-11,16-17,22-42H2,1-2H3,(H,49,50)/b14-12-,15-13-,20-18-,21-19-. The molecule has 0 saturated carbocycles. The summed E-state index contributed by atoms with van der Waals surface area (Å²) in [5.74, 6) is -0.395. The molecule has 10 heteroatoms. The highest BCUT2D eigenvalue weighted by atomic mass is 31.2. The third-order valence-corrected chi connectivity index (χ3v) is 10.2. The predicted molar refractivity (Wildman–Crippen MR) is 228 cm³/mol. The van der Waals surface area contributed by atoms with Crippen LogP contribution >= 0.6 is 7.82 Å². The number of rotatable bonds is 42. The van der Waals surface area contributed by atoms with E-state index in [1.165, 1.54) is 96.3 Å². The average molecular weight is 799 g/mol. The lowest BCUT2D eigenvalue weighted by atomic mass is 10.1. The number of allylic oxidation sites excluding steroid dienone is 8. The molecule has 0 fully saturated rings. The van der Waals surface area contributed by atoms with Gasteiger partial charge in [-0.25, -0.2) is 4.57 Å². The van der Waals surface area contributed by atoms with Gasteiger partial charge < -0.3 is 24.6 Å². The maximum absolute atomic E-state index is 12.6. The van der Waals surface area contributed by atoms with E-state index in [1.807, 2.05) is 0 Å². The second kappa shape index (κ2) is 42.0. The lowest BCUT2D eigenvalue weighted by molar-refractivity contribution is -0.154. The number of aliphatic hydroxyl groups is 2. The van der Waals surface area contributed by atoms with E-state index >= 15 is 0 Å². The number of hydrogen-bond acceptors (Lipinski definition) is 8. The van der Waals surface area contributed by atoms with Crippen LogP contribution in [0.25, 0.3) is 0 Å². The summed E-state index contributed by atoms with van der Waals surface area (Å²) >= 11 is 0. The fourth-order valence-corrected chi connectivity index (χ4v) is 6.62. The van der Waals surface area contributed by atoms with Crippen LogP contribution in [0.2, 0.25) is 0 Å². The van der Waals surface area contributed by atoms with Gasteiger partial charge in [0.2, 0.25) is 0 Å². The van der Waals surface area contributed by atoms with Crippen molar-refractivity contribution in [3.8, 4) is 0 Å². The fourth-order valence-electron chi connectivity index (χ4n) is 5.83. The van der Waals surface area contributed by atoms with Crippen molar-refractivity contribution in [2.45, 2.75) is 199 Å². The molecule has 0 aliphatic rings. The minimum absolute atomic E-state index is 0.0380. The molecule has 55 heavy (non-hydrogen) atoms. The van der Waals surface area contributed by atoms with Gasteiger partial charge in [-0.3, -0.25) is 13.8 Å². The summed E-state index contributed by atoms with van der Waals surface area (Å²) in [4.78, 5) is 22.6. The Labute approximate surface area is 337 Å². The summed E-state index contributed by atoms with van der Waals surface area (Å²) in [6, 6.07) is 0. The number of unbranched alkanes of at least 4 members (excludes halogenated alkanes) is 20. The number of carbonyl (C=O) groups is 1. The van der Waals surface area contributed by atoms with E-state index in [0.717, 1.165) is 70.6 Å². The molecule has 0 aromatic rings. The quantitative estimate of drug-likeness (QED) is 0.0239. The van der Waals surface area contributed by atoms with Crippen molar-refractivity contribution in [1.82, 2.24) is 0 Å². The fraction of sp³-hybridized carbons (Fsp3) is 0.800. The molecule has 0 saturated heterocycles. The zero-order valence-electron chi connectivity index (χ0n) is 35.1. The smallest absolute Gasteiger partial charge is 0.457 e. The first-order chi connectivity index (χ1) is 26.8. The molecule has 3 N–H and O–H groups in total. The molecule has 3 atom stereocenters. The lowest BCUT2D eigenvalue weighted by Gasteiger charge is -2.20. The van der Waals surface area contributed by atoms with Crippen LogP contribution in [0, 0.1) is 0 Å². The minimum Gasteiger partial charge on any atom is -0.457 e. The molecular weight excluding hydrogens is 715 g/mol. The summed E-state index contributed by atoms with van der Waals surface area (Å²) in [5, 5.41) is 18.3. The van der Waals surface area contributed by atoms with Crippen LogP contribution in [0.4, 0.5) is 0 Å². The van der Waals surface area contributed by atoms with Gasteiger partial charge >= 0.3 is 13.8 Å². The number of esters is 1. The molecule has 322 valence electrons. The van der Waals surface area contributed by atoms with E-state index in [1.54, 1.807) is 0 Å². The summed E-state index contributed by atoms with van der Waals surface area (Å²) in [7, 11) is -4.52. The third-order valence-electron chi connectivity index (χ3n) is 9.24. The van der Waals surface area contributed by atoms with Gasteiger partial charge in [0.15, 0.2) is 0 Å². The zero-order chi connectivity index (χ0) is 40.3. The first kappa shape index (κ1) is 53.4. The van der Waals surface area contributed by atoms with E-state index < -0.39 is 39.2 Å². The molecule has 0 amide bonds. The Bertz CT molecular complexity index is 997. The number of phosphoric ester groups is 1. The van der Waals surface area contributed by atoms with Crippen molar-refractivity contribution >= 4 is 13.8 Å². The van der Waals surface area contributed by atoms with E-state index in [4.69, 9.17) is 23.6 Å². The number of aliphatic hydroxyl groups excluding tert-OH is 2. The second-order valence-corrected chi connectivity index (χ2v) is 16.2. The van der Waals surface area contributed by atoms with Crippen molar-refractivity contribution in [3.63, 3.8) is 0 Å². The molecule has 0 rings (SSSR count). The molecule has 0 bridgehead atoms. The van der Waals surface area contributed by atoms with Gasteiger partial charge in [0.05, 0.1) is 26.4 Å². The van der Waals surface area contributed by atoms with Crippen LogP contribution in [0.1, 0.15) is 187 Å². The van der Waals surface area contributed by atoms with E-state index in [9.17, 15) is 19.4 Å². The summed E-state index contributed by atoms with van der Waals surface area (Å²) in [6.07, 6.45) is 46.3. The van der Waals surface area contributed by atoms with Crippen LogP contribution in [0.3, 0.4) is 0 Å². The first-order valence-corrected chi connectivity index (χ1v) is 23.6. The van der Waals surface area contributed by atoms with Gasteiger partial charge in [-0.2, -0.15) is 0 Å². The molecule has 3 unspecified atom stereocenters. The number of ether oxygens (including phenoxy) is 2. The van der Waals surface area contributed by atoms with Crippen molar-refractivity contribution < 1.29 is 43.0 Å². The number of phosphoric acid groups is 1. The normalized spacial score (nSPS) is 14.5. The Kier molecular flexibility index (Phi) is 40.8. The van der Waals surface area contributed by atoms with Crippen molar-refractivity contribution in [1.29, 1.82) is 0 Å². The van der Waals surface area contributed by atoms with Gasteiger partial charge in [-0.05, 0) is 77.0 Å². The van der Waals surface area contributed by atoms with Crippen LogP contribution < -0.4 is 0 Å². The Morgan fingerprint density at radius 1 is 0.564 bits per heavy atom. The summed E-state index contributed by atoms with van der Waals surface area (Å²) < 4.78 is 33.4. The molecule has 9 nitrogen and oxygen atoms in total. The average Bonchev–Trinajstić information content (AvgIpc) is 3.18. The van der Waals surface area contributed by atoms with Gasteiger partial charge in [-0.15, -0.1) is 0 Å². The van der Waals surface area contributed by atoms with E-state index in [-0.39, 0.29) is 19.6 Å². The Hall–Kier alpha value is -1.58. The van der Waals surface area contributed by atoms with E-state index in [2.05, 4.69) is 62.5 Å². The first-order valence-electron chi connectivity index (χ1n) is 22.1. The molecule has 0 aliphatic heterocycles. The van der Waals surface area contributed by atoms with Gasteiger partial charge in [0, 0.05) is 13.0 Å². The van der Waals surface area contributed by atoms with Crippen molar-refractivity contribution in [2.24, 2.45) is 0 Å². The highest BCUT2D eigenvalue weighted by Crippen LogP contribution is 2.43. The SMILES string of the molecule is CCCCC/C=C\C/C=C\CCCCCCCCOCC(COP(=O)(O)OCC(O)CO)OC(=O)CCCCCCCCC/C=C\C/C=C\CCCCCC. The second-order valence-electron chi connectivity index (χ2n) is 14.7. The predicted octanol–water partition coefficient (Wildman–Crippen LogP) is 12.2. The third kappa shape index (κ3) is 41.9. The van der Waals surface area contributed by atoms with Crippen molar-refractivity contribution in [3.05, 3.63) is 48.6 Å². The Morgan fingerprint density at radius 2 is 0.982 bits per heavy atom. The van der Waals surface area contributed by atoms with Gasteiger partial charge in [0.25, 0.3) is 0 Å². The lowest BCUT2D eigenvalue weighted by Crippen LogP contribution is -2.29. The van der Waals surface area contributed by atoms with Crippen LogP contribution in [0.5, 0.6) is 0 Å². The maximum Gasteiger partial charge on any atom is 0.472 e. The summed E-state index contributed by atoms with van der Waals surface area (Å²) in [6.45, 7) is 3.44. The molecule has 0 aromatic heterocycles. The topological polar surface area (TPSA) is 132 Å². The Balaban J connectivity index is 4.20. The van der Waals surface area contributed by atoms with Gasteiger partial charge in [0.1, 0.15) is 12.2 Å². The largest absolute Gasteiger partial charge is 0.472 e. The molecular formula is C45H83O9P. The zero-order valence-corrected chi connectivity index (χ0v) is 36.0. The molecule has 0 heterocycles. The number of hydrogen-bond donors (Lipinski definition) is 3. The molecule has 0 aliphatic carbocycles. The summed E-state index contributed by atoms with van der Waals surface area (Å²) in [5.41, 5.74) is 0. The van der Waals surface area contributed by atoms with Crippen LogP contribution in [0.15, 0.2) is 48.6 Å². The highest BCUT2D eigenvalue weighted by Gasteiger charge is 2.26. The maximum atomic E-state index is 12.6. The number of carbonyl (C=O) groups excluding carboxylic acids is 1. The van der Waals surface area contributed by atoms with Crippen LogP contribution in [-0.4, -0.2) is 66.3 Å².